The van der Waals surface area contributed by atoms with Gasteiger partial charge in [0.25, 0.3) is 5.69 Å². The van der Waals surface area contributed by atoms with Gasteiger partial charge in [-0.3, -0.25) is 14.9 Å². The standard InChI is InChI=1S/C21H20N4O6S2/c26-20(16-2-1-3-17(12-16)25(27)28)13-22-21-23-19(14-32-21)15-4-6-18(7-5-15)33(29,30)24-8-10-31-11-9-24/h1-7,12,14H,8-11,13H2,(H,22,23). The number of sulfonamides is 1. The number of Topliss-reactive ketones (excluding diaryl/α,β-unsaturated/α-hetero) is 1. The van der Waals surface area contributed by atoms with Gasteiger partial charge < -0.3 is 10.1 Å². The topological polar surface area (TPSA) is 132 Å². The van der Waals surface area contributed by atoms with Crippen LogP contribution >= 0.6 is 11.3 Å². The second-order valence-electron chi connectivity index (χ2n) is 7.16. The lowest BCUT2D eigenvalue weighted by Gasteiger charge is -2.26. The highest BCUT2D eigenvalue weighted by Crippen LogP contribution is 2.27. The molecule has 3 aromatic rings. The van der Waals surface area contributed by atoms with Crippen molar-refractivity contribution in [1.82, 2.24) is 9.29 Å². The number of aromatic nitrogens is 1. The van der Waals surface area contributed by atoms with Crippen molar-refractivity contribution in [3.63, 3.8) is 0 Å². The number of hydrogen-bond acceptors (Lipinski definition) is 9. The minimum atomic E-state index is -3.57. The number of nitro groups is 1. The number of thiazole rings is 1. The number of carbonyl (C=O) groups is 1. The molecular weight excluding hydrogens is 468 g/mol. The Bertz CT molecular complexity index is 1270. The zero-order valence-corrected chi connectivity index (χ0v) is 19.0. The molecule has 10 nitrogen and oxygen atoms in total. The Morgan fingerprint density at radius 1 is 1.18 bits per heavy atom. The van der Waals surface area contributed by atoms with E-state index in [0.717, 1.165) is 5.56 Å². The Morgan fingerprint density at radius 2 is 1.91 bits per heavy atom. The first-order valence-electron chi connectivity index (χ1n) is 10.00. The van der Waals surface area contributed by atoms with E-state index in [4.69, 9.17) is 4.74 Å². The fourth-order valence-electron chi connectivity index (χ4n) is 3.27. The van der Waals surface area contributed by atoms with Gasteiger partial charge in [0.15, 0.2) is 10.9 Å². The van der Waals surface area contributed by atoms with Crippen LogP contribution in [0.3, 0.4) is 0 Å². The summed E-state index contributed by atoms with van der Waals surface area (Å²) in [6.07, 6.45) is 0. The smallest absolute Gasteiger partial charge is 0.270 e. The van der Waals surface area contributed by atoms with Crippen LogP contribution < -0.4 is 5.32 Å². The Kier molecular flexibility index (Phi) is 6.79. The van der Waals surface area contributed by atoms with Gasteiger partial charge in [-0.25, -0.2) is 13.4 Å². The van der Waals surface area contributed by atoms with E-state index in [0.29, 0.717) is 37.1 Å². The van der Waals surface area contributed by atoms with Gasteiger partial charge in [0, 0.05) is 41.7 Å². The molecule has 0 radical (unpaired) electrons. The van der Waals surface area contributed by atoms with Crippen LogP contribution in [0.25, 0.3) is 11.3 Å². The van der Waals surface area contributed by atoms with Crippen LogP contribution in [0.5, 0.6) is 0 Å². The molecule has 172 valence electrons. The Hall–Kier alpha value is -3.19. The van der Waals surface area contributed by atoms with Gasteiger partial charge in [-0.1, -0.05) is 24.3 Å². The number of morpholine rings is 1. The molecule has 1 fully saturated rings. The second kappa shape index (κ2) is 9.75. The molecule has 1 aromatic heterocycles. The Balaban J connectivity index is 1.40. The summed E-state index contributed by atoms with van der Waals surface area (Å²) in [5.41, 5.74) is 1.48. The summed E-state index contributed by atoms with van der Waals surface area (Å²) in [6.45, 7) is 1.37. The number of nitrogens with zero attached hydrogens (tertiary/aromatic N) is 3. The first-order chi connectivity index (χ1) is 15.8. The third kappa shape index (κ3) is 5.25. The molecule has 2 heterocycles. The molecule has 0 aliphatic carbocycles. The van der Waals surface area contributed by atoms with E-state index >= 15 is 0 Å². The van der Waals surface area contributed by atoms with Crippen molar-refractivity contribution < 1.29 is 22.9 Å². The van der Waals surface area contributed by atoms with Crippen molar-refractivity contribution >= 4 is 38.0 Å². The average Bonchev–Trinajstić information content (AvgIpc) is 3.32. The molecule has 0 atom stereocenters. The fraction of sp³-hybridized carbons (Fsp3) is 0.238. The molecule has 2 aromatic carbocycles. The van der Waals surface area contributed by atoms with E-state index in [1.807, 2.05) is 0 Å². The van der Waals surface area contributed by atoms with Crippen molar-refractivity contribution in [1.29, 1.82) is 0 Å². The number of nitro benzene ring substituents is 1. The largest absolute Gasteiger partial charge is 0.379 e. The SMILES string of the molecule is O=C(CNc1nc(-c2ccc(S(=O)(=O)N3CCOCC3)cc2)cs1)c1cccc([N+](=O)[O-])c1. The molecule has 0 spiro atoms. The summed E-state index contributed by atoms with van der Waals surface area (Å²) in [5.74, 6) is -0.298. The molecule has 1 N–H and O–H groups in total. The molecule has 1 aliphatic rings. The molecule has 33 heavy (non-hydrogen) atoms. The number of ether oxygens (including phenoxy) is 1. The van der Waals surface area contributed by atoms with Gasteiger partial charge in [0.2, 0.25) is 10.0 Å². The number of rotatable bonds is 8. The molecule has 0 amide bonds. The van der Waals surface area contributed by atoms with Crippen molar-refractivity contribution in [2.75, 3.05) is 38.2 Å². The molecule has 1 aliphatic heterocycles. The molecule has 1 saturated heterocycles. The van der Waals surface area contributed by atoms with Crippen molar-refractivity contribution in [2.45, 2.75) is 4.90 Å². The summed E-state index contributed by atoms with van der Waals surface area (Å²) in [7, 11) is -3.57. The highest BCUT2D eigenvalue weighted by Gasteiger charge is 2.26. The van der Waals surface area contributed by atoms with E-state index in [1.54, 1.807) is 29.6 Å². The number of nitrogens with one attached hydrogen (secondary N) is 1. The predicted molar refractivity (Wildman–Crippen MR) is 123 cm³/mol. The minimum absolute atomic E-state index is 0.0646. The van der Waals surface area contributed by atoms with Crippen molar-refractivity contribution in [3.8, 4) is 11.3 Å². The third-order valence-corrected chi connectivity index (χ3v) is 7.75. The highest BCUT2D eigenvalue weighted by atomic mass is 32.2. The van der Waals surface area contributed by atoms with E-state index in [-0.39, 0.29) is 28.5 Å². The van der Waals surface area contributed by atoms with Gasteiger partial charge >= 0.3 is 0 Å². The van der Waals surface area contributed by atoms with Gasteiger partial charge in [-0.05, 0) is 12.1 Å². The maximum atomic E-state index is 12.7. The molecule has 0 unspecified atom stereocenters. The molecule has 0 saturated carbocycles. The predicted octanol–water partition coefficient (Wildman–Crippen LogP) is 3.03. The van der Waals surface area contributed by atoms with E-state index in [9.17, 15) is 23.3 Å². The lowest BCUT2D eigenvalue weighted by molar-refractivity contribution is -0.384. The van der Waals surface area contributed by atoms with Crippen LogP contribution in [0.1, 0.15) is 10.4 Å². The van der Waals surface area contributed by atoms with Crippen molar-refractivity contribution in [3.05, 3.63) is 69.6 Å². The normalized spacial score (nSPS) is 14.7. The third-order valence-electron chi connectivity index (χ3n) is 5.04. The number of ketones is 1. The zero-order valence-electron chi connectivity index (χ0n) is 17.3. The van der Waals surface area contributed by atoms with Gasteiger partial charge in [-0.2, -0.15) is 4.31 Å². The van der Waals surface area contributed by atoms with E-state index < -0.39 is 14.9 Å². The average molecular weight is 489 g/mol. The highest BCUT2D eigenvalue weighted by molar-refractivity contribution is 7.89. The monoisotopic (exact) mass is 488 g/mol. The second-order valence-corrected chi connectivity index (χ2v) is 9.96. The first kappa shape index (κ1) is 23.0. The van der Waals surface area contributed by atoms with Crippen LogP contribution in [0.15, 0.2) is 58.8 Å². The van der Waals surface area contributed by atoms with Gasteiger partial charge in [0.1, 0.15) is 0 Å². The van der Waals surface area contributed by atoms with E-state index in [1.165, 1.54) is 39.9 Å². The molecule has 4 rings (SSSR count). The van der Waals surface area contributed by atoms with Crippen LogP contribution in [-0.2, 0) is 14.8 Å². The maximum absolute atomic E-state index is 12.7. The Labute approximate surface area is 194 Å². The quantitative estimate of drug-likeness (QED) is 0.291. The summed E-state index contributed by atoms with van der Waals surface area (Å²) >= 11 is 1.30. The summed E-state index contributed by atoms with van der Waals surface area (Å²) < 4.78 is 32.1. The molecule has 0 bridgehead atoms. The lowest BCUT2D eigenvalue weighted by Crippen LogP contribution is -2.40. The molecule has 12 heteroatoms. The molecular formula is C21H20N4O6S2. The Morgan fingerprint density at radius 3 is 2.61 bits per heavy atom. The fourth-order valence-corrected chi connectivity index (χ4v) is 5.40. The number of carbonyl (C=O) groups excluding carboxylic acids is 1. The van der Waals surface area contributed by atoms with Crippen LogP contribution in [0, 0.1) is 10.1 Å². The number of hydrogen-bond donors (Lipinski definition) is 1. The summed E-state index contributed by atoms with van der Waals surface area (Å²) in [4.78, 5) is 27.3. The van der Waals surface area contributed by atoms with E-state index in [2.05, 4.69) is 10.3 Å². The first-order valence-corrected chi connectivity index (χ1v) is 12.3. The summed E-state index contributed by atoms with van der Waals surface area (Å²) in [6, 6.07) is 12.1. The lowest BCUT2D eigenvalue weighted by atomic mass is 10.1. The van der Waals surface area contributed by atoms with Crippen LogP contribution in [0.4, 0.5) is 10.8 Å². The summed E-state index contributed by atoms with van der Waals surface area (Å²) in [5, 5.41) is 16.1. The maximum Gasteiger partial charge on any atom is 0.270 e. The van der Waals surface area contributed by atoms with Gasteiger partial charge in [0.05, 0.1) is 35.3 Å². The number of benzene rings is 2. The van der Waals surface area contributed by atoms with Crippen LogP contribution in [0.2, 0.25) is 0 Å². The number of non-ortho nitro benzene ring substituents is 1. The van der Waals surface area contributed by atoms with Crippen molar-refractivity contribution in [2.24, 2.45) is 0 Å². The van der Waals surface area contributed by atoms with Gasteiger partial charge in [-0.15, -0.1) is 11.3 Å². The number of anilines is 1. The minimum Gasteiger partial charge on any atom is -0.379 e. The van der Waals surface area contributed by atoms with Crippen LogP contribution in [-0.4, -0.2) is 61.3 Å². The zero-order chi connectivity index (χ0) is 23.4.